The highest BCUT2D eigenvalue weighted by Gasteiger charge is 2.29. The number of urea groups is 1. The van der Waals surface area contributed by atoms with Crippen molar-refractivity contribution in [2.24, 2.45) is 0 Å². The van der Waals surface area contributed by atoms with Crippen LogP contribution in [0.1, 0.15) is 11.1 Å². The first kappa shape index (κ1) is 18.1. The van der Waals surface area contributed by atoms with Gasteiger partial charge in [-0.05, 0) is 23.3 Å². The molecule has 0 aliphatic carbocycles. The van der Waals surface area contributed by atoms with E-state index in [2.05, 4.69) is 28.4 Å². The Balaban J connectivity index is 1.31. The highest BCUT2D eigenvalue weighted by atomic mass is 16.7. The summed E-state index contributed by atoms with van der Waals surface area (Å²) in [5.41, 5.74) is 2.11. The van der Waals surface area contributed by atoms with Crippen LogP contribution in [-0.4, -0.2) is 48.3 Å². The van der Waals surface area contributed by atoms with Crippen LogP contribution in [0.15, 0.2) is 48.5 Å². The molecule has 7 heteroatoms. The van der Waals surface area contributed by atoms with Crippen molar-refractivity contribution in [1.29, 1.82) is 5.26 Å². The van der Waals surface area contributed by atoms with E-state index in [1.807, 2.05) is 36.4 Å². The summed E-state index contributed by atoms with van der Waals surface area (Å²) < 4.78 is 10.7. The number of benzene rings is 2. The second-order valence-corrected chi connectivity index (χ2v) is 6.89. The zero-order valence-electron chi connectivity index (χ0n) is 15.5. The molecular weight excluding hydrogens is 356 g/mol. The zero-order valence-corrected chi connectivity index (χ0v) is 15.5. The molecule has 2 heterocycles. The van der Waals surface area contributed by atoms with Crippen LogP contribution in [0, 0.1) is 11.3 Å². The highest BCUT2D eigenvalue weighted by molar-refractivity contribution is 5.74. The molecule has 2 amide bonds. The first-order chi connectivity index (χ1) is 13.7. The lowest BCUT2D eigenvalue weighted by Crippen LogP contribution is -2.55. The maximum Gasteiger partial charge on any atom is 0.317 e. The topological polar surface area (TPSA) is 77.8 Å². The molecule has 2 aromatic rings. The van der Waals surface area contributed by atoms with E-state index < -0.39 is 0 Å². The van der Waals surface area contributed by atoms with E-state index in [4.69, 9.17) is 9.47 Å². The summed E-state index contributed by atoms with van der Waals surface area (Å²) in [5.74, 6) is 1.42. The Labute approximate surface area is 164 Å². The predicted molar refractivity (Wildman–Crippen MR) is 103 cm³/mol. The Morgan fingerprint density at radius 1 is 1.11 bits per heavy atom. The summed E-state index contributed by atoms with van der Waals surface area (Å²) in [5, 5.41) is 12.5. The Bertz CT molecular complexity index is 881. The molecule has 1 fully saturated rings. The van der Waals surface area contributed by atoms with E-state index in [-0.39, 0.29) is 18.9 Å². The fraction of sp³-hybridized carbons (Fsp3) is 0.333. The number of ether oxygens (including phenoxy) is 2. The molecule has 1 atom stereocenters. The molecule has 0 radical (unpaired) electrons. The minimum atomic E-state index is -0.315. The third-order valence-corrected chi connectivity index (χ3v) is 5.04. The molecule has 28 heavy (non-hydrogen) atoms. The van der Waals surface area contributed by atoms with Crippen LogP contribution in [-0.2, 0) is 13.1 Å². The molecule has 144 valence electrons. The lowest BCUT2D eigenvalue weighted by Gasteiger charge is -2.38. The number of amides is 2. The fourth-order valence-corrected chi connectivity index (χ4v) is 3.48. The van der Waals surface area contributed by atoms with E-state index in [0.29, 0.717) is 38.5 Å². The van der Waals surface area contributed by atoms with Crippen LogP contribution in [0.2, 0.25) is 0 Å². The van der Waals surface area contributed by atoms with Gasteiger partial charge in [0.2, 0.25) is 6.79 Å². The van der Waals surface area contributed by atoms with Crippen molar-refractivity contribution in [3.05, 3.63) is 59.7 Å². The van der Waals surface area contributed by atoms with Crippen LogP contribution in [0.4, 0.5) is 4.79 Å². The molecule has 0 spiro atoms. The van der Waals surface area contributed by atoms with E-state index in [1.165, 1.54) is 5.56 Å². The second-order valence-electron chi connectivity index (χ2n) is 6.89. The van der Waals surface area contributed by atoms with E-state index >= 15 is 0 Å². The van der Waals surface area contributed by atoms with Crippen LogP contribution >= 0.6 is 0 Å². The Hall–Kier alpha value is -3.24. The van der Waals surface area contributed by atoms with Crippen molar-refractivity contribution in [3.63, 3.8) is 0 Å². The zero-order chi connectivity index (χ0) is 19.3. The molecule has 2 aromatic carbocycles. The maximum absolute atomic E-state index is 12.6. The molecule has 0 aromatic heterocycles. The number of nitrogens with one attached hydrogen (secondary N) is 1. The number of fused-ring (bicyclic) bond motifs is 1. The lowest BCUT2D eigenvalue weighted by molar-refractivity contribution is 0.108. The van der Waals surface area contributed by atoms with Gasteiger partial charge in [0, 0.05) is 26.2 Å². The molecule has 0 bridgehead atoms. The van der Waals surface area contributed by atoms with Gasteiger partial charge in [0.1, 0.15) is 6.04 Å². The van der Waals surface area contributed by atoms with Gasteiger partial charge in [0.15, 0.2) is 11.5 Å². The fourth-order valence-electron chi connectivity index (χ4n) is 3.48. The summed E-state index contributed by atoms with van der Waals surface area (Å²) in [6, 6.07) is 17.6. The van der Waals surface area contributed by atoms with E-state index in [0.717, 1.165) is 11.3 Å². The first-order valence-corrected chi connectivity index (χ1v) is 9.32. The number of carbonyl (C=O) groups is 1. The third kappa shape index (κ3) is 4.02. The van der Waals surface area contributed by atoms with Gasteiger partial charge in [0.25, 0.3) is 0 Å². The van der Waals surface area contributed by atoms with Crippen molar-refractivity contribution >= 4 is 6.03 Å². The summed E-state index contributed by atoms with van der Waals surface area (Å²) in [6.45, 7) is 3.01. The molecule has 1 N–H and O–H groups in total. The molecule has 0 unspecified atom stereocenters. The van der Waals surface area contributed by atoms with E-state index in [9.17, 15) is 10.1 Å². The van der Waals surface area contributed by atoms with Crippen LogP contribution < -0.4 is 14.8 Å². The Morgan fingerprint density at radius 3 is 2.75 bits per heavy atom. The normalized spacial score (nSPS) is 18.5. The van der Waals surface area contributed by atoms with Gasteiger partial charge in [-0.1, -0.05) is 36.4 Å². The molecule has 2 aliphatic heterocycles. The molecule has 4 rings (SSSR count). The number of carbonyl (C=O) groups excluding carboxylic acids is 1. The molecule has 1 saturated heterocycles. The van der Waals surface area contributed by atoms with Gasteiger partial charge >= 0.3 is 6.03 Å². The maximum atomic E-state index is 12.6. The molecule has 2 aliphatic rings. The average Bonchev–Trinajstić information content (AvgIpc) is 3.21. The van der Waals surface area contributed by atoms with Gasteiger partial charge in [0.05, 0.1) is 12.6 Å². The van der Waals surface area contributed by atoms with Crippen molar-refractivity contribution in [2.75, 3.05) is 26.4 Å². The molecule has 0 saturated carbocycles. The number of nitrogens with zero attached hydrogens (tertiary/aromatic N) is 3. The van der Waals surface area contributed by atoms with Crippen molar-refractivity contribution in [2.45, 2.75) is 19.1 Å². The average molecular weight is 378 g/mol. The van der Waals surface area contributed by atoms with Crippen LogP contribution in [0.3, 0.4) is 0 Å². The Morgan fingerprint density at radius 2 is 1.93 bits per heavy atom. The summed E-state index contributed by atoms with van der Waals surface area (Å²) >= 11 is 0. The number of nitriles is 1. The molecule has 7 nitrogen and oxygen atoms in total. The number of rotatable bonds is 4. The lowest BCUT2D eigenvalue weighted by atomic mass is 10.1. The Kier molecular flexibility index (Phi) is 5.31. The van der Waals surface area contributed by atoms with Gasteiger partial charge in [-0.3, -0.25) is 4.90 Å². The minimum Gasteiger partial charge on any atom is -0.454 e. The second kappa shape index (κ2) is 8.19. The van der Waals surface area contributed by atoms with Gasteiger partial charge in [-0.15, -0.1) is 0 Å². The highest BCUT2D eigenvalue weighted by Crippen LogP contribution is 2.32. The van der Waals surface area contributed by atoms with Gasteiger partial charge < -0.3 is 19.7 Å². The summed E-state index contributed by atoms with van der Waals surface area (Å²) in [4.78, 5) is 16.4. The van der Waals surface area contributed by atoms with Crippen LogP contribution in [0.5, 0.6) is 11.5 Å². The first-order valence-electron chi connectivity index (χ1n) is 9.32. The van der Waals surface area contributed by atoms with Gasteiger partial charge in [-0.2, -0.15) is 5.26 Å². The predicted octanol–water partition coefficient (Wildman–Crippen LogP) is 2.33. The SMILES string of the molecule is N#C[C@H]1CN(C(=O)NCc2ccc3c(c2)OCO3)CCN1Cc1ccccc1. The van der Waals surface area contributed by atoms with Crippen LogP contribution in [0.25, 0.3) is 0 Å². The largest absolute Gasteiger partial charge is 0.454 e. The number of hydrogen-bond acceptors (Lipinski definition) is 5. The summed E-state index contributed by atoms with van der Waals surface area (Å²) in [6.07, 6.45) is 0. The van der Waals surface area contributed by atoms with E-state index in [1.54, 1.807) is 4.90 Å². The standard InChI is InChI=1S/C21H22N4O3/c22-11-18-14-25(9-8-24(18)13-16-4-2-1-3-5-16)21(26)23-12-17-6-7-19-20(10-17)28-15-27-19/h1-7,10,18H,8-9,12-15H2,(H,23,26)/t18-/m0/s1. The number of piperazine rings is 1. The van der Waals surface area contributed by atoms with Crippen molar-refractivity contribution in [1.82, 2.24) is 15.1 Å². The smallest absolute Gasteiger partial charge is 0.317 e. The summed E-state index contributed by atoms with van der Waals surface area (Å²) in [7, 11) is 0. The van der Waals surface area contributed by atoms with Gasteiger partial charge in [-0.25, -0.2) is 4.79 Å². The monoisotopic (exact) mass is 378 g/mol. The quantitative estimate of drug-likeness (QED) is 0.884. The van der Waals surface area contributed by atoms with Crippen molar-refractivity contribution in [3.8, 4) is 17.6 Å². The third-order valence-electron chi connectivity index (χ3n) is 5.04. The molecular formula is C21H22N4O3. The minimum absolute atomic E-state index is 0.155. The van der Waals surface area contributed by atoms with Crippen molar-refractivity contribution < 1.29 is 14.3 Å². The number of hydrogen-bond donors (Lipinski definition) is 1.